The second-order valence-corrected chi connectivity index (χ2v) is 3.29. The van der Waals surface area contributed by atoms with E-state index in [0.29, 0.717) is 6.54 Å². The third kappa shape index (κ3) is 3.64. The molecule has 1 rings (SSSR count). The van der Waals surface area contributed by atoms with Crippen molar-refractivity contribution < 1.29 is 0 Å². The molecule has 0 atom stereocenters. The monoisotopic (exact) mass is 187 g/mol. The van der Waals surface area contributed by atoms with Crippen molar-refractivity contribution in [2.24, 2.45) is 5.73 Å². The van der Waals surface area contributed by atoms with E-state index in [2.05, 4.69) is 43.0 Å². The maximum absolute atomic E-state index is 5.35. The van der Waals surface area contributed by atoms with Crippen molar-refractivity contribution in [3.8, 4) is 11.8 Å². The lowest BCUT2D eigenvalue weighted by Crippen LogP contribution is -1.95. The van der Waals surface area contributed by atoms with E-state index in [-0.39, 0.29) is 0 Å². The lowest BCUT2D eigenvalue weighted by Gasteiger charge is -1.97. The molecule has 0 aliphatic rings. The fraction of sp³-hybridized carbons (Fsp3) is 0.385. The summed E-state index contributed by atoms with van der Waals surface area (Å²) < 4.78 is 0. The molecule has 0 aliphatic heterocycles. The third-order valence-corrected chi connectivity index (χ3v) is 1.99. The summed E-state index contributed by atoms with van der Waals surface area (Å²) in [6.07, 6.45) is 3.12. The predicted octanol–water partition coefficient (Wildman–Crippen LogP) is 2.34. The van der Waals surface area contributed by atoms with Crippen LogP contribution in [0.4, 0.5) is 0 Å². The Morgan fingerprint density at radius 1 is 1.21 bits per heavy atom. The average molecular weight is 187 g/mol. The van der Waals surface area contributed by atoms with Crippen LogP contribution >= 0.6 is 0 Å². The van der Waals surface area contributed by atoms with Crippen LogP contribution in [0, 0.1) is 11.8 Å². The summed E-state index contributed by atoms with van der Waals surface area (Å²) >= 11 is 0. The minimum atomic E-state index is 0.640. The highest BCUT2D eigenvalue weighted by Gasteiger charge is 1.90. The normalized spacial score (nSPS) is 9.29. The van der Waals surface area contributed by atoms with Crippen molar-refractivity contribution in [1.82, 2.24) is 0 Å². The standard InChI is InChI=1S/C13H17N/c1-2-5-12-7-9-13(10-8-12)6-3-4-11-14/h7-10H,2,4-5,11,14H2,1H3. The van der Waals surface area contributed by atoms with Crippen molar-refractivity contribution in [2.75, 3.05) is 6.54 Å². The van der Waals surface area contributed by atoms with Crippen molar-refractivity contribution in [2.45, 2.75) is 26.2 Å². The van der Waals surface area contributed by atoms with Gasteiger partial charge in [0, 0.05) is 18.5 Å². The summed E-state index contributed by atoms with van der Waals surface area (Å²) in [5.41, 5.74) is 7.82. The second-order valence-electron chi connectivity index (χ2n) is 3.29. The van der Waals surface area contributed by atoms with Crippen LogP contribution in [0.25, 0.3) is 0 Å². The van der Waals surface area contributed by atoms with Crippen LogP contribution in [0.2, 0.25) is 0 Å². The van der Waals surface area contributed by atoms with E-state index in [1.54, 1.807) is 0 Å². The zero-order valence-electron chi connectivity index (χ0n) is 8.72. The average Bonchev–Trinajstić information content (AvgIpc) is 2.21. The van der Waals surface area contributed by atoms with Crippen molar-refractivity contribution in [3.05, 3.63) is 35.4 Å². The van der Waals surface area contributed by atoms with Crippen LogP contribution in [0.5, 0.6) is 0 Å². The summed E-state index contributed by atoms with van der Waals surface area (Å²) in [5.74, 6) is 6.11. The Labute approximate surface area is 86.3 Å². The van der Waals surface area contributed by atoms with Crippen LogP contribution in [-0.2, 0) is 6.42 Å². The summed E-state index contributed by atoms with van der Waals surface area (Å²) in [7, 11) is 0. The molecule has 0 amide bonds. The molecule has 1 nitrogen and oxygen atoms in total. The molecule has 0 aromatic heterocycles. The van der Waals surface area contributed by atoms with Gasteiger partial charge in [-0.3, -0.25) is 0 Å². The Bertz CT molecular complexity index is 313. The van der Waals surface area contributed by atoms with Gasteiger partial charge in [0.25, 0.3) is 0 Å². The molecule has 14 heavy (non-hydrogen) atoms. The van der Waals surface area contributed by atoms with Crippen LogP contribution in [0.3, 0.4) is 0 Å². The van der Waals surface area contributed by atoms with Gasteiger partial charge >= 0.3 is 0 Å². The molecule has 2 N–H and O–H groups in total. The molecule has 1 heteroatoms. The number of rotatable bonds is 3. The minimum absolute atomic E-state index is 0.640. The number of benzene rings is 1. The lowest BCUT2D eigenvalue weighted by molar-refractivity contribution is 0.922. The maximum atomic E-state index is 5.35. The Balaban J connectivity index is 2.60. The summed E-state index contributed by atoms with van der Waals surface area (Å²) in [6.45, 7) is 2.83. The van der Waals surface area contributed by atoms with Crippen molar-refractivity contribution in [3.63, 3.8) is 0 Å². The van der Waals surface area contributed by atoms with Gasteiger partial charge in [0.2, 0.25) is 0 Å². The highest BCUT2D eigenvalue weighted by Crippen LogP contribution is 2.05. The smallest absolute Gasteiger partial charge is 0.0245 e. The Hall–Kier alpha value is -1.26. The molecular formula is C13H17N. The van der Waals surface area contributed by atoms with Gasteiger partial charge < -0.3 is 5.73 Å². The minimum Gasteiger partial charge on any atom is -0.330 e. The Kier molecular flexibility index (Phi) is 4.82. The fourth-order valence-electron chi connectivity index (χ4n) is 1.28. The Morgan fingerprint density at radius 2 is 1.93 bits per heavy atom. The van der Waals surface area contributed by atoms with Crippen molar-refractivity contribution >= 4 is 0 Å². The van der Waals surface area contributed by atoms with Gasteiger partial charge in [-0.25, -0.2) is 0 Å². The second kappa shape index (κ2) is 6.23. The third-order valence-electron chi connectivity index (χ3n) is 1.99. The van der Waals surface area contributed by atoms with E-state index in [4.69, 9.17) is 5.73 Å². The first-order chi connectivity index (χ1) is 6.86. The van der Waals surface area contributed by atoms with E-state index in [1.807, 2.05) is 0 Å². The molecule has 0 radical (unpaired) electrons. The van der Waals surface area contributed by atoms with Gasteiger partial charge in [-0.15, -0.1) is 0 Å². The van der Waals surface area contributed by atoms with Gasteiger partial charge in [-0.05, 0) is 24.1 Å². The summed E-state index contributed by atoms with van der Waals surface area (Å²) in [5, 5.41) is 0. The lowest BCUT2D eigenvalue weighted by atomic mass is 10.1. The first-order valence-corrected chi connectivity index (χ1v) is 5.14. The predicted molar refractivity (Wildman–Crippen MR) is 61.0 cm³/mol. The van der Waals surface area contributed by atoms with Gasteiger partial charge in [-0.1, -0.05) is 37.3 Å². The highest BCUT2D eigenvalue weighted by atomic mass is 14.5. The molecule has 0 saturated carbocycles. The molecule has 0 bridgehead atoms. The first-order valence-electron chi connectivity index (χ1n) is 5.14. The topological polar surface area (TPSA) is 26.0 Å². The van der Waals surface area contributed by atoms with Crippen LogP contribution in [0.1, 0.15) is 30.9 Å². The molecule has 0 aliphatic carbocycles. The zero-order valence-corrected chi connectivity index (χ0v) is 8.72. The first kappa shape index (κ1) is 10.8. The number of hydrogen-bond donors (Lipinski definition) is 1. The molecule has 0 heterocycles. The van der Waals surface area contributed by atoms with Gasteiger partial charge in [0.05, 0.1) is 0 Å². The highest BCUT2D eigenvalue weighted by molar-refractivity contribution is 5.36. The summed E-state index contributed by atoms with van der Waals surface area (Å²) in [6, 6.07) is 8.45. The van der Waals surface area contributed by atoms with Gasteiger partial charge in [0.1, 0.15) is 0 Å². The van der Waals surface area contributed by atoms with Crippen LogP contribution in [-0.4, -0.2) is 6.54 Å². The molecule has 0 saturated heterocycles. The molecule has 1 aromatic carbocycles. The zero-order chi connectivity index (χ0) is 10.2. The molecule has 0 unspecified atom stereocenters. The quantitative estimate of drug-likeness (QED) is 0.722. The fourth-order valence-corrected chi connectivity index (χ4v) is 1.28. The molecular weight excluding hydrogens is 170 g/mol. The summed E-state index contributed by atoms with van der Waals surface area (Å²) in [4.78, 5) is 0. The van der Waals surface area contributed by atoms with Crippen LogP contribution in [0.15, 0.2) is 24.3 Å². The van der Waals surface area contributed by atoms with Gasteiger partial charge in [-0.2, -0.15) is 0 Å². The maximum Gasteiger partial charge on any atom is 0.0245 e. The number of hydrogen-bond acceptors (Lipinski definition) is 1. The van der Waals surface area contributed by atoms with Gasteiger partial charge in [0.15, 0.2) is 0 Å². The Morgan fingerprint density at radius 3 is 2.50 bits per heavy atom. The largest absolute Gasteiger partial charge is 0.330 e. The van der Waals surface area contributed by atoms with Crippen molar-refractivity contribution in [1.29, 1.82) is 0 Å². The van der Waals surface area contributed by atoms with E-state index in [9.17, 15) is 0 Å². The van der Waals surface area contributed by atoms with E-state index >= 15 is 0 Å². The molecule has 0 spiro atoms. The number of nitrogens with two attached hydrogens (primary N) is 1. The van der Waals surface area contributed by atoms with E-state index < -0.39 is 0 Å². The number of aryl methyl sites for hydroxylation is 1. The molecule has 74 valence electrons. The van der Waals surface area contributed by atoms with E-state index in [1.165, 1.54) is 12.0 Å². The molecule has 0 fully saturated rings. The van der Waals surface area contributed by atoms with Crippen LogP contribution < -0.4 is 5.73 Å². The van der Waals surface area contributed by atoms with E-state index in [0.717, 1.165) is 18.4 Å². The SMILES string of the molecule is CCCc1ccc(C#CCCN)cc1. The molecule has 1 aromatic rings.